The highest BCUT2D eigenvalue weighted by Crippen LogP contribution is 2.33. The van der Waals surface area contributed by atoms with Crippen LogP contribution < -0.4 is 5.56 Å². The summed E-state index contributed by atoms with van der Waals surface area (Å²) in [6.07, 6.45) is 3.29. The van der Waals surface area contributed by atoms with Crippen molar-refractivity contribution < 1.29 is 13.9 Å². The summed E-state index contributed by atoms with van der Waals surface area (Å²) in [5.41, 5.74) is 1.79. The maximum absolute atomic E-state index is 13.7. The molecule has 1 aromatic carbocycles. The number of aromatic amines is 1. The molecule has 1 aliphatic rings. The van der Waals surface area contributed by atoms with Crippen LogP contribution in [0.5, 0.6) is 0 Å². The lowest BCUT2D eigenvalue weighted by Crippen LogP contribution is -2.37. The lowest BCUT2D eigenvalue weighted by Gasteiger charge is -2.33. The number of carbonyl (C=O) groups is 1. The zero-order chi connectivity index (χ0) is 21.0. The maximum Gasteiger partial charge on any atom is 0.274 e. The van der Waals surface area contributed by atoms with Gasteiger partial charge in [-0.05, 0) is 29.7 Å². The Bertz CT molecular complexity index is 1380. The van der Waals surface area contributed by atoms with Gasteiger partial charge >= 0.3 is 0 Å². The second-order valence-corrected chi connectivity index (χ2v) is 7.66. The van der Waals surface area contributed by atoms with Crippen LogP contribution in [0.1, 0.15) is 27.8 Å². The molecule has 0 fully saturated rings. The molecule has 7 nitrogen and oxygen atoms in total. The molecule has 0 bridgehead atoms. The number of halogens is 2. The fourth-order valence-corrected chi connectivity index (χ4v) is 4.09. The van der Waals surface area contributed by atoms with Crippen molar-refractivity contribution in [3.8, 4) is 0 Å². The monoisotopic (exact) mass is 426 g/mol. The van der Waals surface area contributed by atoms with Gasteiger partial charge < -0.3 is 19.0 Å². The Morgan fingerprint density at radius 3 is 2.97 bits per heavy atom. The first kappa shape index (κ1) is 18.8. The number of imidazole rings is 1. The Labute approximate surface area is 174 Å². The van der Waals surface area contributed by atoms with Crippen LogP contribution in [0.3, 0.4) is 0 Å². The van der Waals surface area contributed by atoms with E-state index in [0.717, 1.165) is 5.56 Å². The van der Waals surface area contributed by atoms with Crippen molar-refractivity contribution >= 4 is 33.9 Å². The van der Waals surface area contributed by atoms with E-state index >= 15 is 0 Å². The zero-order valence-electron chi connectivity index (χ0n) is 15.9. The van der Waals surface area contributed by atoms with Gasteiger partial charge in [-0.1, -0.05) is 17.7 Å². The number of nitrogens with zero attached hydrogens (tertiary/aromatic N) is 3. The smallest absolute Gasteiger partial charge is 0.274 e. The Morgan fingerprint density at radius 1 is 1.30 bits per heavy atom. The van der Waals surface area contributed by atoms with Crippen LogP contribution >= 0.6 is 11.6 Å². The minimum Gasteiger partial charge on any atom is -0.373 e. The Balaban J connectivity index is 1.59. The quantitative estimate of drug-likeness (QED) is 0.533. The molecule has 4 heterocycles. The molecule has 0 radical (unpaired) electrons. The zero-order valence-corrected chi connectivity index (χ0v) is 16.6. The number of aromatic nitrogens is 3. The van der Waals surface area contributed by atoms with Gasteiger partial charge in [0.05, 0.1) is 29.7 Å². The molecule has 1 N–H and O–H groups in total. The SMILES string of the molecule is CN(C(=O)c1cn2cc(Cl)ccc2n1)[C@H]1COCc2[nH]c(=O)c3cc(F)ccc3c21. The predicted molar refractivity (Wildman–Crippen MR) is 109 cm³/mol. The lowest BCUT2D eigenvalue weighted by molar-refractivity contribution is 0.0333. The predicted octanol–water partition coefficient (Wildman–Crippen LogP) is 3.31. The number of amides is 1. The number of nitrogens with one attached hydrogen (secondary N) is 1. The number of ether oxygens (including phenoxy) is 1. The molecule has 4 aromatic rings. The van der Waals surface area contributed by atoms with Crippen molar-refractivity contribution in [2.75, 3.05) is 13.7 Å². The average molecular weight is 427 g/mol. The normalized spacial score (nSPS) is 16.0. The molecule has 1 amide bonds. The molecule has 0 saturated heterocycles. The molecule has 9 heteroatoms. The van der Waals surface area contributed by atoms with Crippen molar-refractivity contribution in [3.63, 3.8) is 0 Å². The summed E-state index contributed by atoms with van der Waals surface area (Å²) in [5, 5.41) is 1.37. The summed E-state index contributed by atoms with van der Waals surface area (Å²) in [5.74, 6) is -0.804. The van der Waals surface area contributed by atoms with Gasteiger partial charge in [-0.3, -0.25) is 9.59 Å². The van der Waals surface area contributed by atoms with Crippen molar-refractivity contribution in [2.24, 2.45) is 0 Å². The van der Waals surface area contributed by atoms with E-state index in [1.54, 1.807) is 42.0 Å². The van der Waals surface area contributed by atoms with Crippen molar-refractivity contribution in [1.82, 2.24) is 19.3 Å². The van der Waals surface area contributed by atoms with Gasteiger partial charge in [0, 0.05) is 30.7 Å². The van der Waals surface area contributed by atoms with E-state index < -0.39 is 17.4 Å². The number of hydrogen-bond acceptors (Lipinski definition) is 4. The number of likely N-dealkylation sites (N-methyl/N-ethyl adjacent to an activating group) is 1. The van der Waals surface area contributed by atoms with Crippen LogP contribution in [-0.2, 0) is 11.3 Å². The van der Waals surface area contributed by atoms with E-state index in [4.69, 9.17) is 16.3 Å². The highest BCUT2D eigenvalue weighted by atomic mass is 35.5. The second-order valence-electron chi connectivity index (χ2n) is 7.22. The summed E-state index contributed by atoms with van der Waals surface area (Å²) in [4.78, 5) is 34.3. The van der Waals surface area contributed by atoms with E-state index in [1.807, 2.05) is 0 Å². The molecular weight excluding hydrogens is 411 g/mol. The van der Waals surface area contributed by atoms with Crippen LogP contribution in [0.15, 0.2) is 47.5 Å². The van der Waals surface area contributed by atoms with E-state index in [-0.39, 0.29) is 30.2 Å². The fourth-order valence-electron chi connectivity index (χ4n) is 3.92. The van der Waals surface area contributed by atoms with Gasteiger partial charge in [0.2, 0.25) is 0 Å². The molecule has 0 unspecified atom stereocenters. The van der Waals surface area contributed by atoms with Crippen LogP contribution in [-0.4, -0.2) is 38.8 Å². The third-order valence-corrected chi connectivity index (χ3v) is 5.61. The lowest BCUT2D eigenvalue weighted by atomic mass is 9.95. The van der Waals surface area contributed by atoms with Gasteiger partial charge in [-0.2, -0.15) is 0 Å². The Hall–Kier alpha value is -3.23. The average Bonchev–Trinajstić information content (AvgIpc) is 3.15. The summed E-state index contributed by atoms with van der Waals surface area (Å²) in [6, 6.07) is 7.04. The molecule has 1 aliphatic heterocycles. The molecule has 5 rings (SSSR count). The summed E-state index contributed by atoms with van der Waals surface area (Å²) < 4.78 is 21.0. The fraction of sp³-hybridized carbons (Fsp3) is 0.190. The van der Waals surface area contributed by atoms with Gasteiger partial charge in [-0.15, -0.1) is 0 Å². The summed E-state index contributed by atoms with van der Waals surface area (Å²) in [7, 11) is 1.66. The van der Waals surface area contributed by atoms with Crippen molar-refractivity contribution in [2.45, 2.75) is 12.6 Å². The second kappa shape index (κ2) is 6.93. The number of fused-ring (bicyclic) bond motifs is 4. The van der Waals surface area contributed by atoms with E-state index in [2.05, 4.69) is 9.97 Å². The molecule has 3 aromatic heterocycles. The number of pyridine rings is 2. The number of H-pyrrole nitrogens is 1. The minimum absolute atomic E-state index is 0.212. The first-order valence-electron chi connectivity index (χ1n) is 9.26. The third kappa shape index (κ3) is 2.96. The minimum atomic E-state index is -0.496. The van der Waals surface area contributed by atoms with E-state index in [9.17, 15) is 14.0 Å². The highest BCUT2D eigenvalue weighted by Gasteiger charge is 2.31. The first-order chi connectivity index (χ1) is 14.4. The number of benzene rings is 1. The number of rotatable bonds is 2. The van der Waals surface area contributed by atoms with Crippen LogP contribution in [0, 0.1) is 5.82 Å². The first-order valence-corrected chi connectivity index (χ1v) is 9.63. The molecular formula is C21H16ClFN4O3. The largest absolute Gasteiger partial charge is 0.373 e. The van der Waals surface area contributed by atoms with E-state index in [0.29, 0.717) is 21.7 Å². The van der Waals surface area contributed by atoms with E-state index in [1.165, 1.54) is 17.0 Å². The van der Waals surface area contributed by atoms with Gasteiger partial charge in [0.1, 0.15) is 17.2 Å². The molecule has 0 saturated carbocycles. The maximum atomic E-state index is 13.7. The Kier molecular flexibility index (Phi) is 4.34. The van der Waals surface area contributed by atoms with Gasteiger partial charge in [0.15, 0.2) is 0 Å². The summed E-state index contributed by atoms with van der Waals surface area (Å²) >= 11 is 6.01. The third-order valence-electron chi connectivity index (χ3n) is 5.38. The van der Waals surface area contributed by atoms with Crippen LogP contribution in [0.2, 0.25) is 5.02 Å². The van der Waals surface area contributed by atoms with Crippen LogP contribution in [0.25, 0.3) is 16.4 Å². The molecule has 0 aliphatic carbocycles. The van der Waals surface area contributed by atoms with Crippen molar-refractivity contribution in [1.29, 1.82) is 0 Å². The molecule has 152 valence electrons. The molecule has 0 spiro atoms. The molecule has 30 heavy (non-hydrogen) atoms. The summed E-state index contributed by atoms with van der Waals surface area (Å²) in [6.45, 7) is 0.455. The number of carbonyl (C=O) groups excluding carboxylic acids is 1. The molecule has 1 atom stereocenters. The van der Waals surface area contributed by atoms with Gasteiger partial charge in [0.25, 0.3) is 11.5 Å². The van der Waals surface area contributed by atoms with Crippen LogP contribution in [0.4, 0.5) is 4.39 Å². The topological polar surface area (TPSA) is 79.7 Å². The van der Waals surface area contributed by atoms with Crippen molar-refractivity contribution in [3.05, 3.63) is 80.9 Å². The Morgan fingerprint density at radius 2 is 2.13 bits per heavy atom. The van der Waals surface area contributed by atoms with Gasteiger partial charge in [-0.25, -0.2) is 9.37 Å². The highest BCUT2D eigenvalue weighted by molar-refractivity contribution is 6.30. The standard InChI is InChI=1S/C21H16ClFN4O3/c1-26(21(29)15-8-27-7-11(22)2-5-18(27)24-15)17-10-30-9-16-19(17)13-4-3-12(23)6-14(13)20(28)25-16/h2-8,17H,9-10H2,1H3,(H,25,28)/t17-/m0/s1. The number of hydrogen-bond donors (Lipinski definition) is 1.